The summed E-state index contributed by atoms with van der Waals surface area (Å²) in [5.41, 5.74) is 1.24. The topological polar surface area (TPSA) is 54.5 Å². The molecule has 5 nitrogen and oxygen atoms in total. The van der Waals surface area contributed by atoms with E-state index in [1.165, 1.54) is 25.4 Å². The van der Waals surface area contributed by atoms with Crippen molar-refractivity contribution >= 4 is 11.6 Å². The molecule has 2 fully saturated rings. The first kappa shape index (κ1) is 23.3. The van der Waals surface area contributed by atoms with Crippen LogP contribution in [0.25, 0.3) is 11.1 Å². The van der Waals surface area contributed by atoms with E-state index in [4.69, 9.17) is 4.74 Å². The van der Waals surface area contributed by atoms with Crippen molar-refractivity contribution < 1.29 is 27.1 Å². The van der Waals surface area contributed by atoms with Crippen molar-refractivity contribution in [3.63, 3.8) is 0 Å². The van der Waals surface area contributed by atoms with Crippen LogP contribution < -0.4 is 15.0 Å². The number of nitrogens with zero attached hydrogens (tertiary/aromatic N) is 2. The molecule has 1 aliphatic carbocycles. The lowest BCUT2D eigenvalue weighted by molar-refractivity contribution is -0.0399. The van der Waals surface area contributed by atoms with Gasteiger partial charge >= 0.3 is 0 Å². The van der Waals surface area contributed by atoms with E-state index in [9.17, 15) is 22.4 Å². The fourth-order valence-corrected chi connectivity index (χ4v) is 4.68. The van der Waals surface area contributed by atoms with Crippen molar-refractivity contribution in [2.24, 2.45) is 5.92 Å². The van der Waals surface area contributed by atoms with Gasteiger partial charge in [0.1, 0.15) is 11.6 Å². The summed E-state index contributed by atoms with van der Waals surface area (Å²) < 4.78 is 60.7. The van der Waals surface area contributed by atoms with E-state index >= 15 is 0 Å². The number of amides is 1. The Morgan fingerprint density at radius 1 is 1.15 bits per heavy atom. The molecule has 2 aliphatic rings. The molecule has 2 heterocycles. The van der Waals surface area contributed by atoms with E-state index in [0.29, 0.717) is 30.3 Å². The van der Waals surface area contributed by atoms with Crippen LogP contribution in [0.2, 0.25) is 0 Å². The first-order chi connectivity index (χ1) is 15.7. The maximum absolute atomic E-state index is 14.1. The number of nitrogens with one attached hydrogen (secondary N) is 1. The molecule has 1 atom stereocenters. The molecule has 4 rings (SSSR count). The zero-order valence-corrected chi connectivity index (χ0v) is 18.6. The van der Waals surface area contributed by atoms with Gasteiger partial charge in [0.15, 0.2) is 0 Å². The number of hydrogen-bond donors (Lipinski definition) is 1. The van der Waals surface area contributed by atoms with Gasteiger partial charge in [-0.3, -0.25) is 4.79 Å². The van der Waals surface area contributed by atoms with Crippen LogP contribution in [0, 0.1) is 17.6 Å². The Kier molecular flexibility index (Phi) is 6.50. The molecule has 2 aromatic rings. The quantitative estimate of drug-likeness (QED) is 0.618. The largest absolute Gasteiger partial charge is 0.480 e. The number of carbonyl (C=O) groups excluding carboxylic acids is 1. The number of halogens is 4. The van der Waals surface area contributed by atoms with Crippen LogP contribution in [-0.4, -0.2) is 43.1 Å². The van der Waals surface area contributed by atoms with Crippen LogP contribution in [0.1, 0.15) is 49.4 Å². The Hall–Kier alpha value is -2.84. The molecule has 1 amide bonds. The second kappa shape index (κ2) is 9.19. The molecule has 178 valence electrons. The molecule has 1 aromatic carbocycles. The van der Waals surface area contributed by atoms with Crippen molar-refractivity contribution in [2.75, 3.05) is 25.1 Å². The Morgan fingerprint density at radius 3 is 2.39 bits per heavy atom. The maximum Gasteiger partial charge on any atom is 0.255 e. The zero-order valence-electron chi connectivity index (χ0n) is 18.6. The molecule has 1 aliphatic heterocycles. The molecule has 0 bridgehead atoms. The number of ether oxygens (including phenoxy) is 1. The Balaban J connectivity index is 1.77. The average Bonchev–Trinajstić information content (AvgIpc) is 3.19. The predicted molar refractivity (Wildman–Crippen MR) is 117 cm³/mol. The van der Waals surface area contributed by atoms with E-state index in [1.54, 1.807) is 0 Å². The van der Waals surface area contributed by atoms with Gasteiger partial charge in [0.05, 0.1) is 23.9 Å². The van der Waals surface area contributed by atoms with Gasteiger partial charge in [-0.25, -0.2) is 22.5 Å². The summed E-state index contributed by atoms with van der Waals surface area (Å²) in [6.45, 7) is 3.38. The Bertz CT molecular complexity index is 1020. The summed E-state index contributed by atoms with van der Waals surface area (Å²) in [4.78, 5) is 19.5. The lowest BCUT2D eigenvalue weighted by Crippen LogP contribution is -2.41. The molecule has 1 saturated carbocycles. The fourth-order valence-electron chi connectivity index (χ4n) is 4.68. The van der Waals surface area contributed by atoms with Crippen LogP contribution >= 0.6 is 0 Å². The molecule has 1 saturated heterocycles. The van der Waals surface area contributed by atoms with Gasteiger partial charge in [0, 0.05) is 44.2 Å². The minimum Gasteiger partial charge on any atom is -0.480 e. The molecule has 0 radical (unpaired) electrons. The number of carbonyl (C=O) groups is 1. The first-order valence-electron chi connectivity index (χ1n) is 11.1. The van der Waals surface area contributed by atoms with Crippen molar-refractivity contribution in [1.82, 2.24) is 10.3 Å². The lowest BCUT2D eigenvalue weighted by atomic mass is 9.92. The standard InChI is InChI=1S/C24H27F4N3O2/c1-14-5-8-31(13-14)21-19(22(32)30-18-3-6-24(27,28)7-4-18)12-29-23(33-2)20(21)15-9-16(25)11-17(26)10-15/h9-12,14,18H,3-8,13H2,1-2H3,(H,30,32)/t14-/m1/s1. The number of alkyl halides is 2. The molecule has 1 aromatic heterocycles. The van der Waals surface area contributed by atoms with Gasteiger partial charge in [-0.05, 0) is 42.9 Å². The van der Waals surface area contributed by atoms with Crippen molar-refractivity contribution in [1.29, 1.82) is 0 Å². The number of aromatic nitrogens is 1. The van der Waals surface area contributed by atoms with Crippen molar-refractivity contribution in [3.05, 3.63) is 41.6 Å². The van der Waals surface area contributed by atoms with Gasteiger partial charge in [-0.1, -0.05) is 6.92 Å². The number of rotatable bonds is 5. The summed E-state index contributed by atoms with van der Waals surface area (Å²) in [6.07, 6.45) is 2.08. The minimum absolute atomic E-state index is 0.142. The monoisotopic (exact) mass is 465 g/mol. The minimum atomic E-state index is -2.70. The van der Waals surface area contributed by atoms with Gasteiger partial charge in [0.25, 0.3) is 5.91 Å². The van der Waals surface area contributed by atoms with Crippen LogP contribution in [0.3, 0.4) is 0 Å². The summed E-state index contributed by atoms with van der Waals surface area (Å²) in [6, 6.07) is 2.75. The van der Waals surface area contributed by atoms with E-state index in [2.05, 4.69) is 17.2 Å². The summed E-state index contributed by atoms with van der Waals surface area (Å²) in [5.74, 6) is -4.17. The summed E-state index contributed by atoms with van der Waals surface area (Å²) in [5, 5.41) is 2.86. The van der Waals surface area contributed by atoms with E-state index < -0.39 is 23.5 Å². The first-order valence-corrected chi connectivity index (χ1v) is 11.1. The highest BCUT2D eigenvalue weighted by Crippen LogP contribution is 2.42. The van der Waals surface area contributed by atoms with Crippen LogP contribution in [0.4, 0.5) is 23.2 Å². The number of pyridine rings is 1. The SMILES string of the molecule is COc1ncc(C(=O)NC2CCC(F)(F)CC2)c(N2CC[C@@H](C)C2)c1-c1cc(F)cc(F)c1. The van der Waals surface area contributed by atoms with E-state index in [0.717, 1.165) is 12.5 Å². The van der Waals surface area contributed by atoms with Gasteiger partial charge < -0.3 is 15.0 Å². The molecule has 1 N–H and O–H groups in total. The van der Waals surface area contributed by atoms with Gasteiger partial charge in [0.2, 0.25) is 11.8 Å². The van der Waals surface area contributed by atoms with Crippen LogP contribution in [0.5, 0.6) is 5.88 Å². The van der Waals surface area contributed by atoms with E-state index in [-0.39, 0.29) is 48.7 Å². The highest BCUT2D eigenvalue weighted by molar-refractivity contribution is 6.04. The highest BCUT2D eigenvalue weighted by Gasteiger charge is 2.36. The average molecular weight is 465 g/mol. The van der Waals surface area contributed by atoms with Gasteiger partial charge in [-0.2, -0.15) is 0 Å². The lowest BCUT2D eigenvalue weighted by Gasteiger charge is -2.30. The molecular weight excluding hydrogens is 438 g/mol. The number of benzene rings is 1. The smallest absolute Gasteiger partial charge is 0.255 e. The molecule has 9 heteroatoms. The van der Waals surface area contributed by atoms with E-state index in [1.807, 2.05) is 4.90 Å². The third-order valence-corrected chi connectivity index (χ3v) is 6.40. The number of hydrogen-bond acceptors (Lipinski definition) is 4. The summed E-state index contributed by atoms with van der Waals surface area (Å²) in [7, 11) is 1.40. The molecule has 0 unspecified atom stereocenters. The highest BCUT2D eigenvalue weighted by atomic mass is 19.3. The van der Waals surface area contributed by atoms with Crippen LogP contribution in [-0.2, 0) is 0 Å². The fraction of sp³-hybridized carbons (Fsp3) is 0.500. The van der Waals surface area contributed by atoms with Gasteiger partial charge in [-0.15, -0.1) is 0 Å². The number of methoxy groups -OCH3 is 1. The third kappa shape index (κ3) is 5.07. The molecule has 0 spiro atoms. The Morgan fingerprint density at radius 2 is 1.82 bits per heavy atom. The number of anilines is 1. The molecular formula is C24H27F4N3O2. The second-order valence-electron chi connectivity index (χ2n) is 9.01. The van der Waals surface area contributed by atoms with Crippen molar-refractivity contribution in [2.45, 2.75) is 51.0 Å². The van der Waals surface area contributed by atoms with Crippen LogP contribution in [0.15, 0.2) is 24.4 Å². The Labute approximate surface area is 190 Å². The van der Waals surface area contributed by atoms with Crippen molar-refractivity contribution in [3.8, 4) is 17.0 Å². The normalized spacial score (nSPS) is 20.7. The summed E-state index contributed by atoms with van der Waals surface area (Å²) >= 11 is 0. The third-order valence-electron chi connectivity index (χ3n) is 6.40. The maximum atomic E-state index is 14.1. The molecule has 33 heavy (non-hydrogen) atoms. The second-order valence-corrected chi connectivity index (χ2v) is 9.01. The zero-order chi connectivity index (χ0) is 23.8. The predicted octanol–water partition coefficient (Wildman–Crippen LogP) is 5.19.